The molecule has 2 amide bonds. The molecular formula is C19H24N4O2. The maximum Gasteiger partial charge on any atom is 0.313 e. The largest absolute Gasteiger partial charge is 0.347 e. The van der Waals surface area contributed by atoms with Crippen LogP contribution in [0.15, 0.2) is 18.2 Å². The smallest absolute Gasteiger partial charge is 0.313 e. The average Bonchev–Trinajstić information content (AvgIpc) is 3.13. The molecule has 6 heteroatoms. The Morgan fingerprint density at radius 1 is 1.16 bits per heavy atom. The number of aryl methyl sites for hydroxylation is 4. The number of nitrogens with zero attached hydrogens (tertiary/aromatic N) is 2. The van der Waals surface area contributed by atoms with E-state index < -0.39 is 11.8 Å². The highest BCUT2D eigenvalue weighted by molar-refractivity contribution is 6.39. The number of hydrogen-bond donors (Lipinski definition) is 2. The summed E-state index contributed by atoms with van der Waals surface area (Å²) in [5.74, 6) is -1.24. The van der Waals surface area contributed by atoms with E-state index in [9.17, 15) is 9.59 Å². The Morgan fingerprint density at radius 3 is 2.64 bits per heavy atom. The fourth-order valence-corrected chi connectivity index (χ4v) is 3.40. The standard InChI is InChI=1S/C19H24N4O2/c1-12-17(13(2)23(3)22-12)9-10-20-18(24)19(25)21-16-8-7-14-5-4-6-15(14)11-16/h7-8,11H,4-6,9-10H2,1-3H3,(H,20,24)(H,21,25). The zero-order valence-corrected chi connectivity index (χ0v) is 15.0. The van der Waals surface area contributed by atoms with E-state index in [1.807, 2.05) is 43.8 Å². The van der Waals surface area contributed by atoms with Crippen LogP contribution < -0.4 is 10.6 Å². The normalized spacial score (nSPS) is 12.8. The number of rotatable bonds is 4. The van der Waals surface area contributed by atoms with E-state index in [4.69, 9.17) is 0 Å². The van der Waals surface area contributed by atoms with E-state index in [0.29, 0.717) is 18.7 Å². The van der Waals surface area contributed by atoms with Crippen molar-refractivity contribution in [3.63, 3.8) is 0 Å². The molecule has 1 aromatic carbocycles. The SMILES string of the molecule is Cc1nn(C)c(C)c1CCNC(=O)C(=O)Nc1ccc2c(c1)CCC2. The molecule has 3 rings (SSSR count). The van der Waals surface area contributed by atoms with Gasteiger partial charge in [-0.25, -0.2) is 0 Å². The Bertz CT molecular complexity index is 823. The zero-order chi connectivity index (χ0) is 18.0. The summed E-state index contributed by atoms with van der Waals surface area (Å²) < 4.78 is 1.83. The first-order valence-corrected chi connectivity index (χ1v) is 8.65. The van der Waals surface area contributed by atoms with Crippen LogP contribution in [0.4, 0.5) is 5.69 Å². The molecule has 1 heterocycles. The lowest BCUT2D eigenvalue weighted by molar-refractivity contribution is -0.136. The highest BCUT2D eigenvalue weighted by Gasteiger charge is 2.16. The lowest BCUT2D eigenvalue weighted by Crippen LogP contribution is -2.36. The van der Waals surface area contributed by atoms with Gasteiger partial charge in [0.2, 0.25) is 0 Å². The predicted molar refractivity (Wildman–Crippen MR) is 96.5 cm³/mol. The van der Waals surface area contributed by atoms with E-state index in [1.165, 1.54) is 11.1 Å². The van der Waals surface area contributed by atoms with E-state index >= 15 is 0 Å². The fraction of sp³-hybridized carbons (Fsp3) is 0.421. The van der Waals surface area contributed by atoms with Crippen LogP contribution in [0.2, 0.25) is 0 Å². The van der Waals surface area contributed by atoms with Crippen LogP contribution in [-0.2, 0) is 35.9 Å². The molecule has 0 aliphatic heterocycles. The second kappa shape index (κ2) is 7.09. The molecule has 2 N–H and O–H groups in total. The highest BCUT2D eigenvalue weighted by atomic mass is 16.2. The highest BCUT2D eigenvalue weighted by Crippen LogP contribution is 2.24. The first kappa shape index (κ1) is 17.2. The Balaban J connectivity index is 1.52. The Kier molecular flexibility index (Phi) is 4.88. The molecular weight excluding hydrogens is 316 g/mol. The maximum absolute atomic E-state index is 12.1. The number of fused-ring (bicyclic) bond motifs is 1. The summed E-state index contributed by atoms with van der Waals surface area (Å²) in [5, 5.41) is 9.71. The van der Waals surface area contributed by atoms with Crippen LogP contribution in [0, 0.1) is 13.8 Å². The van der Waals surface area contributed by atoms with Gasteiger partial charge in [0.1, 0.15) is 0 Å². The molecule has 2 aromatic rings. The van der Waals surface area contributed by atoms with Gasteiger partial charge in [0.15, 0.2) is 0 Å². The molecule has 25 heavy (non-hydrogen) atoms. The summed E-state index contributed by atoms with van der Waals surface area (Å²) in [7, 11) is 1.90. The number of carbonyl (C=O) groups excluding carboxylic acids is 2. The minimum absolute atomic E-state index is 0.407. The molecule has 0 bridgehead atoms. The molecule has 0 radical (unpaired) electrons. The summed E-state index contributed by atoms with van der Waals surface area (Å²) in [5.41, 5.74) is 6.43. The van der Waals surface area contributed by atoms with Crippen molar-refractivity contribution in [1.29, 1.82) is 0 Å². The summed E-state index contributed by atoms with van der Waals surface area (Å²) in [6.45, 7) is 4.35. The van der Waals surface area contributed by atoms with Crippen molar-refractivity contribution < 1.29 is 9.59 Å². The summed E-state index contributed by atoms with van der Waals surface area (Å²) in [4.78, 5) is 24.1. The van der Waals surface area contributed by atoms with Gasteiger partial charge in [-0.1, -0.05) is 6.07 Å². The number of aromatic nitrogens is 2. The minimum atomic E-state index is -0.627. The van der Waals surface area contributed by atoms with Crippen molar-refractivity contribution in [1.82, 2.24) is 15.1 Å². The Morgan fingerprint density at radius 2 is 1.92 bits per heavy atom. The second-order valence-electron chi connectivity index (χ2n) is 6.57. The number of hydrogen-bond acceptors (Lipinski definition) is 3. The van der Waals surface area contributed by atoms with Crippen molar-refractivity contribution in [2.45, 2.75) is 39.5 Å². The van der Waals surface area contributed by atoms with Crippen LogP contribution in [0.1, 0.15) is 34.5 Å². The topological polar surface area (TPSA) is 76.0 Å². The third-order valence-corrected chi connectivity index (χ3v) is 4.88. The van der Waals surface area contributed by atoms with Gasteiger partial charge in [-0.3, -0.25) is 14.3 Å². The first-order chi connectivity index (χ1) is 12.0. The van der Waals surface area contributed by atoms with Crippen molar-refractivity contribution >= 4 is 17.5 Å². The van der Waals surface area contributed by atoms with Gasteiger partial charge in [-0.15, -0.1) is 0 Å². The third-order valence-electron chi connectivity index (χ3n) is 4.88. The van der Waals surface area contributed by atoms with Gasteiger partial charge in [0, 0.05) is 25.0 Å². The lowest BCUT2D eigenvalue weighted by Gasteiger charge is -2.08. The lowest BCUT2D eigenvalue weighted by atomic mass is 10.1. The number of nitrogens with one attached hydrogen (secondary N) is 2. The van der Waals surface area contributed by atoms with Crippen molar-refractivity contribution in [3.8, 4) is 0 Å². The van der Waals surface area contributed by atoms with Gasteiger partial charge >= 0.3 is 11.8 Å². The van der Waals surface area contributed by atoms with Gasteiger partial charge in [-0.2, -0.15) is 5.10 Å². The molecule has 0 saturated heterocycles. The second-order valence-corrected chi connectivity index (χ2v) is 6.57. The predicted octanol–water partition coefficient (Wildman–Crippen LogP) is 1.82. The number of amides is 2. The molecule has 0 atom stereocenters. The van der Waals surface area contributed by atoms with Crippen molar-refractivity contribution in [2.24, 2.45) is 7.05 Å². The third kappa shape index (κ3) is 3.73. The number of carbonyl (C=O) groups is 2. The van der Waals surface area contributed by atoms with E-state index in [-0.39, 0.29) is 0 Å². The van der Waals surface area contributed by atoms with Gasteiger partial charge in [-0.05, 0) is 68.4 Å². The molecule has 0 unspecified atom stereocenters. The monoisotopic (exact) mass is 340 g/mol. The molecule has 1 aliphatic rings. The van der Waals surface area contributed by atoms with Crippen LogP contribution >= 0.6 is 0 Å². The van der Waals surface area contributed by atoms with Crippen LogP contribution in [-0.4, -0.2) is 28.1 Å². The van der Waals surface area contributed by atoms with Gasteiger partial charge < -0.3 is 10.6 Å². The van der Waals surface area contributed by atoms with E-state index in [2.05, 4.69) is 15.7 Å². The molecule has 0 saturated carbocycles. The molecule has 1 aliphatic carbocycles. The van der Waals surface area contributed by atoms with E-state index in [1.54, 1.807) is 0 Å². The summed E-state index contributed by atoms with van der Waals surface area (Å²) in [6, 6.07) is 5.86. The molecule has 0 fully saturated rings. The minimum Gasteiger partial charge on any atom is -0.347 e. The molecule has 1 aromatic heterocycles. The van der Waals surface area contributed by atoms with Gasteiger partial charge in [0.05, 0.1) is 5.69 Å². The van der Waals surface area contributed by atoms with Crippen molar-refractivity contribution in [3.05, 3.63) is 46.3 Å². The average molecular weight is 340 g/mol. The van der Waals surface area contributed by atoms with Crippen LogP contribution in [0.5, 0.6) is 0 Å². The molecule has 132 valence electrons. The van der Waals surface area contributed by atoms with E-state index in [0.717, 1.165) is 36.2 Å². The number of anilines is 1. The zero-order valence-electron chi connectivity index (χ0n) is 15.0. The van der Waals surface area contributed by atoms with Crippen LogP contribution in [0.3, 0.4) is 0 Å². The molecule has 6 nitrogen and oxygen atoms in total. The maximum atomic E-state index is 12.1. The first-order valence-electron chi connectivity index (χ1n) is 8.65. The Labute approximate surface area is 147 Å². The van der Waals surface area contributed by atoms with Crippen molar-refractivity contribution in [2.75, 3.05) is 11.9 Å². The van der Waals surface area contributed by atoms with Crippen LogP contribution in [0.25, 0.3) is 0 Å². The summed E-state index contributed by atoms with van der Waals surface area (Å²) in [6.07, 6.45) is 3.94. The molecule has 0 spiro atoms. The quantitative estimate of drug-likeness (QED) is 0.834. The van der Waals surface area contributed by atoms with Gasteiger partial charge in [0.25, 0.3) is 0 Å². The summed E-state index contributed by atoms with van der Waals surface area (Å²) >= 11 is 0. The Hall–Kier alpha value is -2.63. The number of benzene rings is 1. The fourth-order valence-electron chi connectivity index (χ4n) is 3.40.